The third-order valence-electron chi connectivity index (χ3n) is 3.58. The summed E-state index contributed by atoms with van der Waals surface area (Å²) in [5.41, 5.74) is 2.10. The van der Waals surface area contributed by atoms with Crippen LogP contribution in [-0.2, 0) is 18.9 Å². The molecule has 2 heterocycles. The van der Waals surface area contributed by atoms with Gasteiger partial charge in [0.25, 0.3) is 0 Å². The Bertz CT molecular complexity index is 1030. The maximum Gasteiger partial charge on any atom is 0.248 e. The summed E-state index contributed by atoms with van der Waals surface area (Å²) in [6.07, 6.45) is 3.08. The molecule has 27 heavy (non-hydrogen) atoms. The molecule has 140 valence electrons. The summed E-state index contributed by atoms with van der Waals surface area (Å²) >= 11 is 11.0. The van der Waals surface area contributed by atoms with Crippen LogP contribution in [0.4, 0.5) is 5.69 Å². The Balaban J connectivity index is 1.80. The fourth-order valence-electron chi connectivity index (χ4n) is 2.26. The van der Waals surface area contributed by atoms with Crippen LogP contribution in [0, 0.1) is 6.92 Å². The quantitative estimate of drug-likeness (QED) is 0.577. The molecule has 0 saturated heterocycles. The average molecular weight is 469 g/mol. The molecule has 2 aromatic heterocycles. The van der Waals surface area contributed by atoms with Gasteiger partial charge in [-0.3, -0.25) is 9.48 Å². The molecule has 0 aliphatic carbocycles. The fourth-order valence-corrected chi connectivity index (χ4v) is 3.66. The van der Waals surface area contributed by atoms with Gasteiger partial charge in [-0.1, -0.05) is 27.5 Å². The molecular weight excluding hydrogens is 454 g/mol. The van der Waals surface area contributed by atoms with Gasteiger partial charge in [0.2, 0.25) is 11.1 Å². The molecule has 8 nitrogen and oxygen atoms in total. The molecule has 0 aliphatic heterocycles. The van der Waals surface area contributed by atoms with E-state index in [9.17, 15) is 4.79 Å². The van der Waals surface area contributed by atoms with Gasteiger partial charge in [0.15, 0.2) is 0 Å². The number of amides is 1. The molecule has 0 radical (unpaired) electrons. The monoisotopic (exact) mass is 467 g/mol. The lowest BCUT2D eigenvalue weighted by atomic mass is 10.2. The van der Waals surface area contributed by atoms with Crippen LogP contribution in [-0.4, -0.2) is 35.9 Å². The van der Waals surface area contributed by atoms with E-state index < -0.39 is 0 Å². The van der Waals surface area contributed by atoms with E-state index in [2.05, 4.69) is 41.9 Å². The number of carbonyl (C=O) groups is 1. The molecule has 1 amide bonds. The summed E-state index contributed by atoms with van der Waals surface area (Å²) < 4.78 is 3.96. The topological polar surface area (TPSA) is 90.5 Å². The maximum absolute atomic E-state index is 12.4. The molecule has 0 bridgehead atoms. The third kappa shape index (κ3) is 4.57. The van der Waals surface area contributed by atoms with Crippen LogP contribution in [0.25, 0.3) is 6.08 Å². The van der Waals surface area contributed by atoms with Gasteiger partial charge in [0.1, 0.15) is 5.15 Å². The second-order valence-electron chi connectivity index (χ2n) is 5.56. The van der Waals surface area contributed by atoms with Crippen LogP contribution in [0.15, 0.2) is 38.8 Å². The van der Waals surface area contributed by atoms with Crippen molar-refractivity contribution in [1.29, 1.82) is 0 Å². The number of carbonyl (C=O) groups excluding carboxylic acids is 1. The number of aromatic nitrogens is 6. The van der Waals surface area contributed by atoms with Gasteiger partial charge >= 0.3 is 0 Å². The zero-order chi connectivity index (χ0) is 19.6. The van der Waals surface area contributed by atoms with Crippen LogP contribution < -0.4 is 5.32 Å². The summed E-state index contributed by atoms with van der Waals surface area (Å²) in [7, 11) is 3.50. The van der Waals surface area contributed by atoms with Crippen molar-refractivity contribution in [2.24, 2.45) is 14.1 Å². The molecule has 1 N–H and O–H groups in total. The van der Waals surface area contributed by atoms with Gasteiger partial charge in [-0.2, -0.15) is 5.10 Å². The van der Waals surface area contributed by atoms with E-state index in [1.807, 2.05) is 25.1 Å². The maximum atomic E-state index is 12.4. The number of rotatable bonds is 5. The molecule has 0 atom stereocenters. The number of aryl methyl sites for hydroxylation is 3. The first-order valence-corrected chi connectivity index (χ1v) is 9.72. The number of nitrogens with zero attached hydrogens (tertiary/aromatic N) is 6. The molecule has 0 aliphatic rings. The smallest absolute Gasteiger partial charge is 0.248 e. The van der Waals surface area contributed by atoms with Crippen molar-refractivity contribution in [3.8, 4) is 0 Å². The van der Waals surface area contributed by atoms with Crippen molar-refractivity contribution in [3.05, 3.63) is 45.2 Å². The van der Waals surface area contributed by atoms with Crippen molar-refractivity contribution in [2.75, 3.05) is 5.32 Å². The predicted molar refractivity (Wildman–Crippen MR) is 108 cm³/mol. The van der Waals surface area contributed by atoms with E-state index in [1.165, 1.54) is 17.8 Å². The minimum absolute atomic E-state index is 0.287. The number of benzene rings is 1. The molecule has 1 aromatic carbocycles. The van der Waals surface area contributed by atoms with Gasteiger partial charge in [0.05, 0.1) is 11.4 Å². The summed E-state index contributed by atoms with van der Waals surface area (Å²) in [4.78, 5) is 13.2. The van der Waals surface area contributed by atoms with E-state index in [4.69, 9.17) is 11.6 Å². The first kappa shape index (κ1) is 19.6. The molecule has 0 unspecified atom stereocenters. The first-order valence-electron chi connectivity index (χ1n) is 7.73. The SMILES string of the molecule is Cc1nn(C)c(Cl)c1/C=C/C(=O)Nc1cc(Br)ccc1Sc1nnnn1C. The predicted octanol–water partition coefficient (Wildman–Crippen LogP) is 3.47. The molecule has 3 rings (SSSR count). The Labute approximate surface area is 173 Å². The van der Waals surface area contributed by atoms with E-state index in [-0.39, 0.29) is 5.91 Å². The standard InChI is InChI=1S/C16H15BrClN7OS/c1-9-11(15(18)24(2)21-9)5-7-14(26)19-12-8-10(17)4-6-13(12)27-16-20-22-23-25(16)3/h4-8H,1-3H3,(H,19,26)/b7-5+. The second-order valence-corrected chi connectivity index (χ2v) is 7.85. The van der Waals surface area contributed by atoms with Crippen molar-refractivity contribution in [3.63, 3.8) is 0 Å². The summed E-state index contributed by atoms with van der Waals surface area (Å²) in [5, 5.41) is 19.6. The highest BCUT2D eigenvalue weighted by molar-refractivity contribution is 9.10. The summed E-state index contributed by atoms with van der Waals surface area (Å²) in [6.45, 7) is 1.83. The van der Waals surface area contributed by atoms with E-state index in [1.54, 1.807) is 29.5 Å². The molecule has 0 saturated carbocycles. The van der Waals surface area contributed by atoms with Crippen LogP contribution in [0.2, 0.25) is 5.15 Å². The molecule has 3 aromatic rings. The Kier molecular flexibility index (Phi) is 5.98. The van der Waals surface area contributed by atoms with Gasteiger partial charge < -0.3 is 5.32 Å². The van der Waals surface area contributed by atoms with E-state index in [0.29, 0.717) is 21.6 Å². The minimum atomic E-state index is -0.287. The largest absolute Gasteiger partial charge is 0.321 e. The van der Waals surface area contributed by atoms with Gasteiger partial charge in [0, 0.05) is 35.1 Å². The lowest BCUT2D eigenvalue weighted by Crippen LogP contribution is -2.09. The van der Waals surface area contributed by atoms with Crippen molar-refractivity contribution in [2.45, 2.75) is 17.0 Å². The van der Waals surface area contributed by atoms with Crippen LogP contribution >= 0.6 is 39.3 Å². The van der Waals surface area contributed by atoms with Gasteiger partial charge in [-0.05, 0) is 53.4 Å². The number of tetrazole rings is 1. The number of anilines is 1. The summed E-state index contributed by atoms with van der Waals surface area (Å²) in [5.74, 6) is -0.287. The van der Waals surface area contributed by atoms with Crippen molar-refractivity contribution >= 4 is 57.0 Å². The number of hydrogen-bond donors (Lipinski definition) is 1. The molecular formula is C16H15BrClN7OS. The van der Waals surface area contributed by atoms with Crippen LogP contribution in [0.5, 0.6) is 0 Å². The Morgan fingerprint density at radius 1 is 1.33 bits per heavy atom. The highest BCUT2D eigenvalue weighted by Crippen LogP contribution is 2.34. The Hall–Kier alpha value is -2.17. The molecule has 11 heteroatoms. The lowest BCUT2D eigenvalue weighted by Gasteiger charge is -2.09. The normalized spacial score (nSPS) is 11.3. The Morgan fingerprint density at radius 3 is 2.74 bits per heavy atom. The molecule has 0 spiro atoms. The van der Waals surface area contributed by atoms with Crippen molar-refractivity contribution < 1.29 is 4.79 Å². The second kappa shape index (κ2) is 8.24. The first-order chi connectivity index (χ1) is 12.8. The van der Waals surface area contributed by atoms with Gasteiger partial charge in [-0.25, -0.2) is 4.68 Å². The Morgan fingerprint density at radius 2 is 2.11 bits per heavy atom. The minimum Gasteiger partial charge on any atom is -0.321 e. The van der Waals surface area contributed by atoms with Crippen LogP contribution in [0.1, 0.15) is 11.3 Å². The summed E-state index contributed by atoms with van der Waals surface area (Å²) in [6, 6.07) is 5.58. The zero-order valence-corrected chi connectivity index (χ0v) is 17.8. The number of hydrogen-bond acceptors (Lipinski definition) is 6. The fraction of sp³-hybridized carbons (Fsp3) is 0.188. The van der Waals surface area contributed by atoms with E-state index in [0.717, 1.165) is 15.1 Å². The average Bonchev–Trinajstić information content (AvgIpc) is 3.11. The van der Waals surface area contributed by atoms with Crippen LogP contribution in [0.3, 0.4) is 0 Å². The number of halogens is 2. The highest BCUT2D eigenvalue weighted by Gasteiger charge is 2.12. The number of nitrogens with one attached hydrogen (secondary N) is 1. The lowest BCUT2D eigenvalue weighted by molar-refractivity contribution is -0.111. The van der Waals surface area contributed by atoms with E-state index >= 15 is 0 Å². The zero-order valence-electron chi connectivity index (χ0n) is 14.6. The molecule has 0 fully saturated rings. The highest BCUT2D eigenvalue weighted by atomic mass is 79.9. The van der Waals surface area contributed by atoms with Crippen molar-refractivity contribution in [1.82, 2.24) is 30.0 Å². The van der Waals surface area contributed by atoms with Gasteiger partial charge in [-0.15, -0.1) is 5.10 Å². The third-order valence-corrected chi connectivity index (χ3v) is 5.63.